The third kappa shape index (κ3) is 4.61. The molecule has 3 N–H and O–H groups in total. The Labute approximate surface area is 161 Å². The van der Waals surface area contributed by atoms with E-state index in [-0.39, 0.29) is 23.9 Å². The third-order valence-electron chi connectivity index (χ3n) is 5.40. The fourth-order valence-electron chi connectivity index (χ4n) is 3.62. The number of ether oxygens (including phenoxy) is 1. The van der Waals surface area contributed by atoms with Crippen LogP contribution in [0, 0.1) is 5.92 Å². The molecule has 2 aromatic rings. The summed E-state index contributed by atoms with van der Waals surface area (Å²) < 4.78 is 5.46. The van der Waals surface area contributed by atoms with Crippen LogP contribution < -0.4 is 20.7 Å². The van der Waals surface area contributed by atoms with Crippen molar-refractivity contribution in [3.63, 3.8) is 0 Å². The van der Waals surface area contributed by atoms with Gasteiger partial charge in [0.1, 0.15) is 5.75 Å². The minimum atomic E-state index is -0.292. The highest BCUT2D eigenvalue weighted by molar-refractivity contribution is 5.79. The van der Waals surface area contributed by atoms with Gasteiger partial charge in [-0.2, -0.15) is 0 Å². The number of rotatable bonds is 6. The van der Waals surface area contributed by atoms with Crippen LogP contribution in [-0.4, -0.2) is 32.1 Å². The van der Waals surface area contributed by atoms with Gasteiger partial charge >= 0.3 is 0 Å². The third-order valence-corrected chi connectivity index (χ3v) is 5.40. The van der Waals surface area contributed by atoms with Crippen molar-refractivity contribution >= 4 is 11.6 Å². The van der Waals surface area contributed by atoms with E-state index < -0.39 is 0 Å². The van der Waals surface area contributed by atoms with Crippen molar-refractivity contribution in [1.82, 2.24) is 5.32 Å². The summed E-state index contributed by atoms with van der Waals surface area (Å²) >= 11 is 0. The van der Waals surface area contributed by atoms with Crippen LogP contribution in [0.15, 0.2) is 54.6 Å². The summed E-state index contributed by atoms with van der Waals surface area (Å²) in [5.41, 5.74) is 8.40. The number of amides is 1. The number of nitrogens with zero attached hydrogens (tertiary/aromatic N) is 1. The standard InChI is InChI=1S/C22H29N3O2/c1-16(21(23)17-8-4-3-5-9-17)22(26)24-18-12-14-25(15-13-18)19-10-6-7-11-20(19)27-2/h3-11,16,18,21H,12-15,23H2,1-2H3,(H,24,26). The summed E-state index contributed by atoms with van der Waals surface area (Å²) in [5, 5.41) is 3.19. The summed E-state index contributed by atoms with van der Waals surface area (Å²) in [5.74, 6) is 0.657. The molecule has 5 heteroatoms. The number of carbonyl (C=O) groups excluding carboxylic acids is 1. The molecule has 1 heterocycles. The summed E-state index contributed by atoms with van der Waals surface area (Å²) in [6, 6.07) is 17.8. The van der Waals surface area contributed by atoms with Gasteiger partial charge in [0, 0.05) is 25.2 Å². The maximum Gasteiger partial charge on any atom is 0.224 e. The molecule has 144 valence electrons. The van der Waals surface area contributed by atoms with E-state index in [2.05, 4.69) is 16.3 Å². The molecule has 5 nitrogen and oxygen atoms in total. The van der Waals surface area contributed by atoms with Gasteiger partial charge in [-0.1, -0.05) is 49.4 Å². The zero-order valence-corrected chi connectivity index (χ0v) is 16.1. The van der Waals surface area contributed by atoms with E-state index in [0.29, 0.717) is 0 Å². The maximum absolute atomic E-state index is 12.7. The van der Waals surface area contributed by atoms with Crippen molar-refractivity contribution < 1.29 is 9.53 Å². The van der Waals surface area contributed by atoms with Crippen molar-refractivity contribution in [2.75, 3.05) is 25.1 Å². The Hall–Kier alpha value is -2.53. The van der Waals surface area contributed by atoms with Gasteiger partial charge < -0.3 is 20.7 Å². The average molecular weight is 367 g/mol. The molecule has 2 unspecified atom stereocenters. The Bertz CT molecular complexity index is 742. The topological polar surface area (TPSA) is 67.6 Å². The van der Waals surface area contributed by atoms with Crippen molar-refractivity contribution in [2.45, 2.75) is 31.8 Å². The Morgan fingerprint density at radius 3 is 2.41 bits per heavy atom. The van der Waals surface area contributed by atoms with Crippen LogP contribution in [0.3, 0.4) is 0 Å². The van der Waals surface area contributed by atoms with E-state index in [1.807, 2.05) is 55.5 Å². The first-order valence-electron chi connectivity index (χ1n) is 9.59. The minimum Gasteiger partial charge on any atom is -0.495 e. The molecule has 0 aromatic heterocycles. The number of nitrogens with two attached hydrogens (primary N) is 1. The second-order valence-electron chi connectivity index (χ2n) is 7.17. The van der Waals surface area contributed by atoms with Crippen LogP contribution in [0.1, 0.15) is 31.4 Å². The molecule has 1 fully saturated rings. The van der Waals surface area contributed by atoms with Gasteiger partial charge in [-0.05, 0) is 30.5 Å². The number of benzene rings is 2. The van der Waals surface area contributed by atoms with Crippen molar-refractivity contribution in [2.24, 2.45) is 11.7 Å². The normalized spacial score (nSPS) is 17.2. The Balaban J connectivity index is 1.53. The molecule has 1 aliphatic rings. The van der Waals surface area contributed by atoms with Crippen LogP contribution in [0.5, 0.6) is 5.75 Å². The number of nitrogens with one attached hydrogen (secondary N) is 1. The van der Waals surface area contributed by atoms with Gasteiger partial charge in [-0.15, -0.1) is 0 Å². The largest absolute Gasteiger partial charge is 0.495 e. The van der Waals surface area contributed by atoms with Gasteiger partial charge in [-0.3, -0.25) is 4.79 Å². The Morgan fingerprint density at radius 2 is 1.74 bits per heavy atom. The lowest BCUT2D eigenvalue weighted by Crippen LogP contribution is -2.47. The molecule has 1 saturated heterocycles. The SMILES string of the molecule is COc1ccccc1N1CCC(NC(=O)C(C)C(N)c2ccccc2)CC1. The molecule has 27 heavy (non-hydrogen) atoms. The highest BCUT2D eigenvalue weighted by atomic mass is 16.5. The van der Waals surface area contributed by atoms with Gasteiger partial charge in [-0.25, -0.2) is 0 Å². The van der Waals surface area contributed by atoms with E-state index >= 15 is 0 Å². The Kier molecular flexibility index (Phi) is 6.35. The van der Waals surface area contributed by atoms with Crippen molar-refractivity contribution in [3.05, 3.63) is 60.2 Å². The number of hydrogen-bond donors (Lipinski definition) is 2. The molecule has 0 aliphatic carbocycles. The zero-order valence-electron chi connectivity index (χ0n) is 16.1. The maximum atomic E-state index is 12.7. The zero-order chi connectivity index (χ0) is 19.2. The number of methoxy groups -OCH3 is 1. The second kappa shape index (κ2) is 8.91. The second-order valence-corrected chi connectivity index (χ2v) is 7.17. The van der Waals surface area contributed by atoms with E-state index in [4.69, 9.17) is 10.5 Å². The molecule has 0 radical (unpaired) electrons. The molecular weight excluding hydrogens is 338 g/mol. The van der Waals surface area contributed by atoms with Crippen molar-refractivity contribution in [3.8, 4) is 5.75 Å². The summed E-state index contributed by atoms with van der Waals surface area (Å²) in [7, 11) is 1.70. The van der Waals surface area contributed by atoms with Crippen LogP contribution in [0.25, 0.3) is 0 Å². The first-order chi connectivity index (χ1) is 13.1. The highest BCUT2D eigenvalue weighted by Crippen LogP contribution is 2.30. The number of para-hydroxylation sites is 2. The van der Waals surface area contributed by atoms with E-state index in [1.54, 1.807) is 7.11 Å². The molecule has 0 spiro atoms. The monoisotopic (exact) mass is 367 g/mol. The molecule has 1 amide bonds. The Morgan fingerprint density at radius 1 is 1.11 bits per heavy atom. The van der Waals surface area contributed by atoms with Gasteiger partial charge in [0.15, 0.2) is 0 Å². The molecule has 2 aromatic carbocycles. The fraction of sp³-hybridized carbons (Fsp3) is 0.409. The summed E-state index contributed by atoms with van der Waals surface area (Å²) in [4.78, 5) is 15.0. The highest BCUT2D eigenvalue weighted by Gasteiger charge is 2.27. The molecule has 0 saturated carbocycles. The fourth-order valence-corrected chi connectivity index (χ4v) is 3.62. The number of hydrogen-bond acceptors (Lipinski definition) is 4. The van der Waals surface area contributed by atoms with E-state index in [0.717, 1.165) is 42.9 Å². The predicted octanol–water partition coefficient (Wildman–Crippen LogP) is 3.12. The average Bonchev–Trinajstić information content (AvgIpc) is 2.73. The molecular formula is C22H29N3O2. The smallest absolute Gasteiger partial charge is 0.224 e. The molecule has 3 rings (SSSR count). The lowest BCUT2D eigenvalue weighted by molar-refractivity contribution is -0.126. The molecule has 0 bridgehead atoms. The molecule has 1 aliphatic heterocycles. The van der Waals surface area contributed by atoms with Gasteiger partial charge in [0.2, 0.25) is 5.91 Å². The van der Waals surface area contributed by atoms with Gasteiger partial charge in [0.25, 0.3) is 0 Å². The first kappa shape index (κ1) is 19.2. The first-order valence-corrected chi connectivity index (χ1v) is 9.59. The van der Waals surface area contributed by atoms with Crippen LogP contribution >= 0.6 is 0 Å². The number of carbonyl (C=O) groups is 1. The predicted molar refractivity (Wildman–Crippen MR) is 109 cm³/mol. The van der Waals surface area contributed by atoms with E-state index in [9.17, 15) is 4.79 Å². The number of piperidine rings is 1. The minimum absolute atomic E-state index is 0.0297. The summed E-state index contributed by atoms with van der Waals surface area (Å²) in [6.07, 6.45) is 1.83. The van der Waals surface area contributed by atoms with Crippen LogP contribution in [-0.2, 0) is 4.79 Å². The molecule has 2 atom stereocenters. The lowest BCUT2D eigenvalue weighted by Gasteiger charge is -2.35. The van der Waals surface area contributed by atoms with E-state index in [1.165, 1.54) is 0 Å². The lowest BCUT2D eigenvalue weighted by atomic mass is 9.94. The van der Waals surface area contributed by atoms with Crippen LogP contribution in [0.4, 0.5) is 5.69 Å². The quantitative estimate of drug-likeness (QED) is 0.823. The number of anilines is 1. The van der Waals surface area contributed by atoms with Crippen LogP contribution in [0.2, 0.25) is 0 Å². The van der Waals surface area contributed by atoms with Crippen molar-refractivity contribution in [1.29, 1.82) is 0 Å². The summed E-state index contributed by atoms with van der Waals surface area (Å²) in [6.45, 7) is 3.69. The van der Waals surface area contributed by atoms with Gasteiger partial charge in [0.05, 0.1) is 18.7 Å².